The molecule has 0 radical (unpaired) electrons. The molecule has 2 saturated heterocycles. The Labute approximate surface area is 212 Å². The van der Waals surface area contributed by atoms with Gasteiger partial charge in [-0.3, -0.25) is 4.79 Å². The van der Waals surface area contributed by atoms with Crippen LogP contribution in [0.4, 0.5) is 4.39 Å². The lowest BCUT2D eigenvalue weighted by Gasteiger charge is -2.47. The minimum absolute atomic E-state index is 0.118. The first-order chi connectivity index (χ1) is 17.1. The Morgan fingerprint density at radius 2 is 1.94 bits per heavy atom. The van der Waals surface area contributed by atoms with Gasteiger partial charge in [-0.25, -0.2) is 9.37 Å². The van der Waals surface area contributed by atoms with Gasteiger partial charge < -0.3 is 10.2 Å². The summed E-state index contributed by atoms with van der Waals surface area (Å²) in [4.78, 5) is 22.4. The third-order valence-corrected chi connectivity index (χ3v) is 10.7. The maximum absolute atomic E-state index is 14.8. The second-order valence-corrected chi connectivity index (χ2v) is 12.6. The predicted molar refractivity (Wildman–Crippen MR) is 138 cm³/mol. The van der Waals surface area contributed by atoms with Crippen molar-refractivity contribution >= 4 is 17.2 Å². The number of piperidine rings is 1. The standard InChI is InChI=1S/C29H38FN3OS/c1-19-32-26-24(30)12-14-29(27(26)35-19)18-31-17-23(29)28(34)33-15-13-22(20-8-4-2-5-9-20)16-25(33)21-10-6-3-7-11-21/h2,4-5,8-9,21-25,31H,3,6-7,10-18H2,1H3. The summed E-state index contributed by atoms with van der Waals surface area (Å²) in [7, 11) is 0. The van der Waals surface area contributed by atoms with Gasteiger partial charge in [0.05, 0.1) is 16.6 Å². The van der Waals surface area contributed by atoms with Crippen molar-refractivity contribution < 1.29 is 9.18 Å². The number of aryl methyl sites for hydroxylation is 1. The number of hydrogen-bond acceptors (Lipinski definition) is 4. The number of nitrogens with one attached hydrogen (secondary N) is 1. The van der Waals surface area contributed by atoms with E-state index < -0.39 is 6.17 Å². The average molecular weight is 496 g/mol. The van der Waals surface area contributed by atoms with Gasteiger partial charge in [0.1, 0.15) is 6.17 Å². The number of aromatic nitrogens is 1. The number of carbonyl (C=O) groups is 1. The van der Waals surface area contributed by atoms with Gasteiger partial charge in [-0.05, 0) is 62.8 Å². The van der Waals surface area contributed by atoms with Crippen molar-refractivity contribution in [2.75, 3.05) is 19.6 Å². The Morgan fingerprint density at radius 3 is 2.74 bits per heavy atom. The molecule has 6 heteroatoms. The van der Waals surface area contributed by atoms with Crippen LogP contribution in [-0.4, -0.2) is 41.5 Å². The largest absolute Gasteiger partial charge is 0.339 e. The molecular formula is C29H38FN3OS. The molecule has 5 unspecified atom stereocenters. The SMILES string of the molecule is Cc1nc2c(s1)C1(CCC2F)CNCC1C(=O)N1CCC(c2ccccc2)CC1C1CCCCC1. The Bertz CT molecular complexity index is 1050. The van der Waals surface area contributed by atoms with Crippen LogP contribution < -0.4 is 5.32 Å². The van der Waals surface area contributed by atoms with Crippen molar-refractivity contribution in [2.24, 2.45) is 11.8 Å². The van der Waals surface area contributed by atoms with Gasteiger partial charge in [-0.2, -0.15) is 0 Å². The molecule has 1 aromatic carbocycles. The summed E-state index contributed by atoms with van der Waals surface area (Å²) in [6.07, 6.45) is 8.71. The van der Waals surface area contributed by atoms with Crippen molar-refractivity contribution in [3.05, 3.63) is 51.5 Å². The molecule has 1 spiro atoms. The van der Waals surface area contributed by atoms with E-state index in [9.17, 15) is 9.18 Å². The first kappa shape index (κ1) is 23.6. The topological polar surface area (TPSA) is 45.2 Å². The minimum atomic E-state index is -0.992. The van der Waals surface area contributed by atoms with Crippen LogP contribution in [0.5, 0.6) is 0 Å². The maximum Gasteiger partial charge on any atom is 0.228 e. The van der Waals surface area contributed by atoms with Crippen molar-refractivity contribution in [2.45, 2.75) is 88.3 Å². The Hall–Kier alpha value is -1.79. The first-order valence-electron chi connectivity index (χ1n) is 13.7. The summed E-state index contributed by atoms with van der Waals surface area (Å²) in [6.45, 7) is 4.27. The Balaban J connectivity index is 1.30. The van der Waals surface area contributed by atoms with Crippen LogP contribution in [0.15, 0.2) is 30.3 Å². The zero-order chi connectivity index (χ0) is 24.0. The van der Waals surface area contributed by atoms with Gasteiger partial charge in [-0.1, -0.05) is 49.6 Å². The fraction of sp³-hybridized carbons (Fsp3) is 0.655. The van der Waals surface area contributed by atoms with Gasteiger partial charge in [0.15, 0.2) is 0 Å². The van der Waals surface area contributed by atoms with Gasteiger partial charge in [0.25, 0.3) is 0 Å². The van der Waals surface area contributed by atoms with E-state index in [1.165, 1.54) is 37.7 Å². The van der Waals surface area contributed by atoms with Gasteiger partial charge >= 0.3 is 0 Å². The lowest BCUT2D eigenvalue weighted by Crippen LogP contribution is -2.55. The van der Waals surface area contributed by atoms with E-state index in [0.29, 0.717) is 42.4 Å². The lowest BCUT2D eigenvalue weighted by atomic mass is 9.67. The molecule has 4 aliphatic rings. The molecule has 188 valence electrons. The number of halogens is 1. The number of fused-ring (bicyclic) bond motifs is 2. The van der Waals surface area contributed by atoms with Gasteiger partial charge in [0, 0.05) is 36.0 Å². The maximum atomic E-state index is 14.8. The molecule has 35 heavy (non-hydrogen) atoms. The summed E-state index contributed by atoms with van der Waals surface area (Å²) in [5.74, 6) is 1.33. The molecule has 3 heterocycles. The number of thiazole rings is 1. The summed E-state index contributed by atoms with van der Waals surface area (Å²) >= 11 is 1.62. The van der Waals surface area contributed by atoms with E-state index in [2.05, 4.69) is 45.5 Å². The Kier molecular flexibility index (Phi) is 6.46. The van der Waals surface area contributed by atoms with E-state index in [1.807, 2.05) is 6.92 Å². The number of nitrogens with zero attached hydrogens (tertiary/aromatic N) is 2. The third-order valence-electron chi connectivity index (χ3n) is 9.50. The zero-order valence-electron chi connectivity index (χ0n) is 20.8. The van der Waals surface area contributed by atoms with Crippen molar-refractivity contribution in [1.29, 1.82) is 0 Å². The Morgan fingerprint density at radius 1 is 1.14 bits per heavy atom. The van der Waals surface area contributed by atoms with E-state index in [1.54, 1.807) is 11.3 Å². The summed E-state index contributed by atoms with van der Waals surface area (Å²) in [5.41, 5.74) is 1.74. The van der Waals surface area contributed by atoms with Crippen LogP contribution in [0.2, 0.25) is 0 Å². The molecule has 2 aromatic rings. The average Bonchev–Trinajstić information content (AvgIpc) is 3.51. The highest BCUT2D eigenvalue weighted by Crippen LogP contribution is 2.52. The van der Waals surface area contributed by atoms with Crippen LogP contribution in [0.25, 0.3) is 0 Å². The molecule has 1 amide bonds. The van der Waals surface area contributed by atoms with Crippen LogP contribution in [0.1, 0.15) is 91.0 Å². The summed E-state index contributed by atoms with van der Waals surface area (Å²) in [6, 6.07) is 11.2. The predicted octanol–water partition coefficient (Wildman–Crippen LogP) is 6.07. The second kappa shape index (κ2) is 9.59. The number of rotatable bonds is 3. The molecule has 4 nitrogen and oxygen atoms in total. The smallest absolute Gasteiger partial charge is 0.228 e. The number of likely N-dealkylation sites (tertiary alicyclic amines) is 1. The highest BCUT2D eigenvalue weighted by Gasteiger charge is 2.55. The van der Waals surface area contributed by atoms with E-state index in [4.69, 9.17) is 0 Å². The quantitative estimate of drug-likeness (QED) is 0.562. The fourth-order valence-electron chi connectivity index (χ4n) is 7.69. The van der Waals surface area contributed by atoms with Gasteiger partial charge in [-0.15, -0.1) is 11.3 Å². The molecule has 6 rings (SSSR count). The fourth-order valence-corrected chi connectivity index (χ4v) is 8.93. The second-order valence-electron chi connectivity index (χ2n) is 11.4. The number of amides is 1. The number of hydrogen-bond donors (Lipinski definition) is 1. The van der Waals surface area contributed by atoms with Crippen molar-refractivity contribution in [3.8, 4) is 0 Å². The highest BCUT2D eigenvalue weighted by atomic mass is 32.1. The monoisotopic (exact) mass is 495 g/mol. The molecule has 0 bridgehead atoms. The molecule has 1 saturated carbocycles. The van der Waals surface area contributed by atoms with Crippen LogP contribution in [0.3, 0.4) is 0 Å². The molecule has 5 atom stereocenters. The number of alkyl halides is 1. The molecular weight excluding hydrogens is 457 g/mol. The number of benzene rings is 1. The number of carbonyl (C=O) groups excluding carboxylic acids is 1. The van der Waals surface area contributed by atoms with Crippen LogP contribution >= 0.6 is 11.3 Å². The molecule has 2 aliphatic carbocycles. The molecule has 3 fully saturated rings. The third kappa shape index (κ3) is 4.15. The van der Waals surface area contributed by atoms with E-state index in [0.717, 1.165) is 42.2 Å². The molecule has 2 aliphatic heterocycles. The van der Waals surface area contributed by atoms with Crippen LogP contribution in [0, 0.1) is 18.8 Å². The van der Waals surface area contributed by atoms with Crippen molar-refractivity contribution in [3.63, 3.8) is 0 Å². The van der Waals surface area contributed by atoms with Crippen LogP contribution in [-0.2, 0) is 10.2 Å². The van der Waals surface area contributed by atoms with E-state index >= 15 is 0 Å². The minimum Gasteiger partial charge on any atom is -0.339 e. The van der Waals surface area contributed by atoms with Gasteiger partial charge in [0.2, 0.25) is 5.91 Å². The molecule has 1 aromatic heterocycles. The highest BCUT2D eigenvalue weighted by molar-refractivity contribution is 7.11. The van der Waals surface area contributed by atoms with E-state index in [-0.39, 0.29) is 11.3 Å². The summed E-state index contributed by atoms with van der Waals surface area (Å²) in [5, 5.41) is 4.47. The normalized spacial score (nSPS) is 33.7. The lowest BCUT2D eigenvalue weighted by molar-refractivity contribution is -0.143. The summed E-state index contributed by atoms with van der Waals surface area (Å²) < 4.78 is 14.8. The molecule has 1 N–H and O–H groups in total. The van der Waals surface area contributed by atoms with Crippen molar-refractivity contribution in [1.82, 2.24) is 15.2 Å². The first-order valence-corrected chi connectivity index (χ1v) is 14.6. The zero-order valence-corrected chi connectivity index (χ0v) is 21.7.